The van der Waals surface area contributed by atoms with Gasteiger partial charge in [-0.05, 0) is 49.2 Å². The van der Waals surface area contributed by atoms with E-state index >= 15 is 0 Å². The summed E-state index contributed by atoms with van der Waals surface area (Å²) in [7, 11) is 0. The number of allylic oxidation sites excluding steroid dienone is 1. The Morgan fingerprint density at radius 1 is 1.00 bits per heavy atom. The molecule has 0 radical (unpaired) electrons. The zero-order chi connectivity index (χ0) is 12.8. The molecule has 2 aromatic rings. The molecule has 2 rings (SSSR count). The molecular weight excluding hydrogens is 218 g/mol. The van der Waals surface area contributed by atoms with E-state index in [0.717, 1.165) is 6.42 Å². The Bertz CT molecular complexity index is 527. The van der Waals surface area contributed by atoms with E-state index in [4.69, 9.17) is 0 Å². The molecule has 0 aliphatic rings. The second-order valence-corrected chi connectivity index (χ2v) is 4.55. The molecule has 0 bridgehead atoms. The predicted octanol–water partition coefficient (Wildman–Crippen LogP) is 4.47. The summed E-state index contributed by atoms with van der Waals surface area (Å²) >= 11 is 0. The van der Waals surface area contributed by atoms with Crippen molar-refractivity contribution in [3.05, 3.63) is 77.5 Å². The van der Waals surface area contributed by atoms with Crippen LogP contribution in [0.5, 0.6) is 0 Å². The van der Waals surface area contributed by atoms with Crippen LogP contribution in [0.25, 0.3) is 0 Å². The van der Waals surface area contributed by atoms with E-state index in [1.165, 1.54) is 22.4 Å². The molecule has 0 aliphatic heterocycles. The summed E-state index contributed by atoms with van der Waals surface area (Å²) in [6.07, 6.45) is 5.13. The van der Waals surface area contributed by atoms with E-state index in [1.807, 2.05) is 12.3 Å². The standard InChI is InChI=1S/C17H19N/c1-14-10-11-15(2)17(13-14)18-12-6-9-16-7-4-3-5-8-16/h3-8,10-13,18H,9H2,1-2H3/b12-6+. The van der Waals surface area contributed by atoms with E-state index in [1.54, 1.807) is 0 Å². The van der Waals surface area contributed by atoms with E-state index in [9.17, 15) is 0 Å². The Kier molecular flexibility index (Phi) is 4.19. The lowest BCUT2D eigenvalue weighted by molar-refractivity contribution is 1.26. The van der Waals surface area contributed by atoms with Crippen LogP contribution in [0.2, 0.25) is 0 Å². The Morgan fingerprint density at radius 3 is 2.56 bits per heavy atom. The van der Waals surface area contributed by atoms with Gasteiger partial charge in [0.1, 0.15) is 0 Å². The summed E-state index contributed by atoms with van der Waals surface area (Å²) in [6, 6.07) is 16.9. The highest BCUT2D eigenvalue weighted by atomic mass is 14.8. The molecule has 0 fully saturated rings. The number of benzene rings is 2. The SMILES string of the molecule is Cc1ccc(C)c(N/C=C/Cc2ccccc2)c1. The van der Waals surface area contributed by atoms with Crippen molar-refractivity contribution in [3.8, 4) is 0 Å². The molecule has 1 N–H and O–H groups in total. The molecule has 0 heterocycles. The van der Waals surface area contributed by atoms with Gasteiger partial charge < -0.3 is 5.32 Å². The summed E-state index contributed by atoms with van der Waals surface area (Å²) < 4.78 is 0. The molecule has 0 saturated carbocycles. The Labute approximate surface area is 109 Å². The molecule has 1 heteroatoms. The van der Waals surface area contributed by atoms with Gasteiger partial charge in [-0.25, -0.2) is 0 Å². The van der Waals surface area contributed by atoms with E-state index in [0.29, 0.717) is 0 Å². The number of hydrogen-bond donors (Lipinski definition) is 1. The lowest BCUT2D eigenvalue weighted by Gasteiger charge is -2.06. The maximum absolute atomic E-state index is 3.34. The number of rotatable bonds is 4. The number of anilines is 1. The lowest BCUT2D eigenvalue weighted by Crippen LogP contribution is -1.92. The van der Waals surface area contributed by atoms with Gasteiger partial charge in [0, 0.05) is 5.69 Å². The molecule has 0 spiro atoms. The number of hydrogen-bond acceptors (Lipinski definition) is 1. The van der Waals surface area contributed by atoms with Crippen LogP contribution in [0.15, 0.2) is 60.8 Å². The fourth-order valence-corrected chi connectivity index (χ4v) is 1.85. The fraction of sp³-hybridized carbons (Fsp3) is 0.176. The summed E-state index contributed by atoms with van der Waals surface area (Å²) in [5.74, 6) is 0. The van der Waals surface area contributed by atoms with Crippen LogP contribution in [0, 0.1) is 13.8 Å². The van der Waals surface area contributed by atoms with Crippen molar-refractivity contribution in [2.45, 2.75) is 20.3 Å². The molecule has 0 saturated heterocycles. The first-order valence-electron chi connectivity index (χ1n) is 6.28. The first kappa shape index (κ1) is 12.4. The first-order valence-corrected chi connectivity index (χ1v) is 6.28. The van der Waals surface area contributed by atoms with Crippen molar-refractivity contribution in [2.24, 2.45) is 0 Å². The molecule has 2 aromatic carbocycles. The smallest absolute Gasteiger partial charge is 0.0411 e. The maximum atomic E-state index is 3.34. The number of nitrogens with one attached hydrogen (secondary N) is 1. The average molecular weight is 237 g/mol. The third-order valence-corrected chi connectivity index (χ3v) is 2.95. The van der Waals surface area contributed by atoms with Crippen LogP contribution in [0.3, 0.4) is 0 Å². The van der Waals surface area contributed by atoms with Crippen LogP contribution in [-0.2, 0) is 6.42 Å². The highest BCUT2D eigenvalue weighted by molar-refractivity contribution is 5.54. The van der Waals surface area contributed by atoms with Crippen LogP contribution >= 0.6 is 0 Å². The van der Waals surface area contributed by atoms with Gasteiger partial charge in [-0.1, -0.05) is 48.5 Å². The minimum atomic E-state index is 0.957. The summed E-state index contributed by atoms with van der Waals surface area (Å²) in [5.41, 5.74) is 5.06. The maximum Gasteiger partial charge on any atom is 0.0411 e. The van der Waals surface area contributed by atoms with Crippen LogP contribution < -0.4 is 5.32 Å². The van der Waals surface area contributed by atoms with Gasteiger partial charge in [0.25, 0.3) is 0 Å². The molecule has 0 aromatic heterocycles. The average Bonchev–Trinajstić information content (AvgIpc) is 2.40. The fourth-order valence-electron chi connectivity index (χ4n) is 1.85. The van der Waals surface area contributed by atoms with Gasteiger partial charge >= 0.3 is 0 Å². The van der Waals surface area contributed by atoms with E-state index < -0.39 is 0 Å². The minimum Gasteiger partial charge on any atom is -0.362 e. The largest absolute Gasteiger partial charge is 0.362 e. The first-order chi connectivity index (χ1) is 8.75. The summed E-state index contributed by atoms with van der Waals surface area (Å²) in [4.78, 5) is 0. The molecule has 18 heavy (non-hydrogen) atoms. The molecule has 0 aliphatic carbocycles. The zero-order valence-electron chi connectivity index (χ0n) is 11.0. The molecule has 0 unspecified atom stereocenters. The van der Waals surface area contributed by atoms with Crippen molar-refractivity contribution in [2.75, 3.05) is 5.32 Å². The van der Waals surface area contributed by atoms with E-state index in [2.05, 4.69) is 67.7 Å². The van der Waals surface area contributed by atoms with Gasteiger partial charge in [-0.15, -0.1) is 0 Å². The van der Waals surface area contributed by atoms with Crippen molar-refractivity contribution in [1.29, 1.82) is 0 Å². The van der Waals surface area contributed by atoms with Gasteiger partial charge in [-0.3, -0.25) is 0 Å². The van der Waals surface area contributed by atoms with Crippen molar-refractivity contribution in [1.82, 2.24) is 0 Å². The Hall–Kier alpha value is -2.02. The third-order valence-electron chi connectivity index (χ3n) is 2.95. The second-order valence-electron chi connectivity index (χ2n) is 4.55. The van der Waals surface area contributed by atoms with Gasteiger partial charge in [0.2, 0.25) is 0 Å². The second kappa shape index (κ2) is 6.06. The topological polar surface area (TPSA) is 12.0 Å². The van der Waals surface area contributed by atoms with Gasteiger partial charge in [0.15, 0.2) is 0 Å². The van der Waals surface area contributed by atoms with E-state index in [-0.39, 0.29) is 0 Å². The molecule has 0 atom stereocenters. The van der Waals surface area contributed by atoms with Crippen LogP contribution in [0.4, 0.5) is 5.69 Å². The third kappa shape index (κ3) is 3.49. The highest BCUT2D eigenvalue weighted by Gasteiger charge is 1.95. The predicted molar refractivity (Wildman–Crippen MR) is 78.8 cm³/mol. The zero-order valence-corrected chi connectivity index (χ0v) is 11.0. The quantitative estimate of drug-likeness (QED) is 0.827. The minimum absolute atomic E-state index is 0.957. The number of aryl methyl sites for hydroxylation is 2. The summed E-state index contributed by atoms with van der Waals surface area (Å²) in [5, 5.41) is 3.34. The van der Waals surface area contributed by atoms with Crippen molar-refractivity contribution >= 4 is 5.69 Å². The Balaban J connectivity index is 1.93. The summed E-state index contributed by atoms with van der Waals surface area (Å²) in [6.45, 7) is 4.23. The molecule has 92 valence electrons. The van der Waals surface area contributed by atoms with Crippen molar-refractivity contribution < 1.29 is 0 Å². The molecular formula is C17H19N. The molecule has 1 nitrogen and oxygen atoms in total. The highest BCUT2D eigenvalue weighted by Crippen LogP contribution is 2.16. The molecule has 0 amide bonds. The van der Waals surface area contributed by atoms with Crippen LogP contribution in [-0.4, -0.2) is 0 Å². The van der Waals surface area contributed by atoms with Crippen LogP contribution in [0.1, 0.15) is 16.7 Å². The van der Waals surface area contributed by atoms with Gasteiger partial charge in [0.05, 0.1) is 0 Å². The Morgan fingerprint density at radius 2 is 1.78 bits per heavy atom. The normalized spacial score (nSPS) is 10.8. The van der Waals surface area contributed by atoms with Gasteiger partial charge in [-0.2, -0.15) is 0 Å². The van der Waals surface area contributed by atoms with Crippen molar-refractivity contribution in [3.63, 3.8) is 0 Å². The lowest BCUT2D eigenvalue weighted by atomic mass is 10.1. The monoisotopic (exact) mass is 237 g/mol.